The molecule has 0 aliphatic heterocycles. The Kier molecular flexibility index (Phi) is 5.97. The summed E-state index contributed by atoms with van der Waals surface area (Å²) in [6.45, 7) is 2.01. The first-order valence-corrected chi connectivity index (χ1v) is 9.27. The molecule has 0 aromatic heterocycles. The summed E-state index contributed by atoms with van der Waals surface area (Å²) in [7, 11) is 0. The molecule has 0 saturated carbocycles. The van der Waals surface area contributed by atoms with Crippen molar-refractivity contribution in [3.05, 3.63) is 90.0 Å². The van der Waals surface area contributed by atoms with Crippen LogP contribution in [0.15, 0.2) is 83.8 Å². The van der Waals surface area contributed by atoms with Crippen LogP contribution in [0.4, 0.5) is 0 Å². The van der Waals surface area contributed by atoms with Crippen LogP contribution in [0, 0.1) is 6.92 Å². The largest absolute Gasteiger partial charge is 0.480 e. The van der Waals surface area contributed by atoms with Crippen molar-refractivity contribution >= 4 is 17.7 Å². The molecule has 0 bridgehead atoms. The van der Waals surface area contributed by atoms with Gasteiger partial charge in [-0.05, 0) is 49.2 Å². The van der Waals surface area contributed by atoms with Crippen LogP contribution in [0.3, 0.4) is 0 Å². The van der Waals surface area contributed by atoms with Gasteiger partial charge in [0.25, 0.3) is 0 Å². The molecule has 3 aromatic carbocycles. The lowest BCUT2D eigenvalue weighted by Gasteiger charge is -2.15. The van der Waals surface area contributed by atoms with E-state index in [1.54, 1.807) is 0 Å². The third-order valence-electron chi connectivity index (χ3n) is 3.92. The average molecular weight is 364 g/mol. The summed E-state index contributed by atoms with van der Waals surface area (Å²) < 4.78 is 5.95. The lowest BCUT2D eigenvalue weighted by atomic mass is 10.1. The molecule has 132 valence electrons. The van der Waals surface area contributed by atoms with Gasteiger partial charge in [0, 0.05) is 4.90 Å². The SMILES string of the molecule is Cc1ccc(S[C@@H](Cc2ccccc2Oc2ccccc2)C(=O)O)cc1. The van der Waals surface area contributed by atoms with Gasteiger partial charge in [-0.3, -0.25) is 4.79 Å². The van der Waals surface area contributed by atoms with Crippen LogP contribution in [0.25, 0.3) is 0 Å². The molecule has 0 unspecified atom stereocenters. The maximum atomic E-state index is 11.8. The zero-order chi connectivity index (χ0) is 18.4. The Hall–Kier alpha value is -2.72. The van der Waals surface area contributed by atoms with Crippen molar-refractivity contribution in [2.75, 3.05) is 0 Å². The van der Waals surface area contributed by atoms with Gasteiger partial charge in [-0.15, -0.1) is 11.8 Å². The summed E-state index contributed by atoms with van der Waals surface area (Å²) in [5.41, 5.74) is 2.03. The molecule has 3 nitrogen and oxygen atoms in total. The molecule has 0 amide bonds. The van der Waals surface area contributed by atoms with Crippen LogP contribution < -0.4 is 4.74 Å². The van der Waals surface area contributed by atoms with Crippen molar-refractivity contribution in [1.29, 1.82) is 0 Å². The predicted molar refractivity (Wildman–Crippen MR) is 105 cm³/mol. The number of carboxylic acid groups (broad SMARTS) is 1. The summed E-state index contributed by atoms with van der Waals surface area (Å²) in [4.78, 5) is 12.7. The monoisotopic (exact) mass is 364 g/mol. The van der Waals surface area contributed by atoms with Crippen LogP contribution in [0.1, 0.15) is 11.1 Å². The Bertz CT molecular complexity index is 860. The third kappa shape index (κ3) is 4.90. The Morgan fingerprint density at radius 2 is 1.62 bits per heavy atom. The summed E-state index contributed by atoms with van der Waals surface area (Å²) in [6.07, 6.45) is 0.386. The van der Waals surface area contributed by atoms with Gasteiger partial charge in [0.2, 0.25) is 0 Å². The Morgan fingerprint density at radius 3 is 2.31 bits per heavy atom. The van der Waals surface area contributed by atoms with E-state index in [-0.39, 0.29) is 0 Å². The first-order chi connectivity index (χ1) is 12.6. The van der Waals surface area contributed by atoms with Gasteiger partial charge < -0.3 is 9.84 Å². The molecule has 0 spiro atoms. The van der Waals surface area contributed by atoms with Gasteiger partial charge in [-0.2, -0.15) is 0 Å². The van der Waals surface area contributed by atoms with Gasteiger partial charge in [-0.25, -0.2) is 0 Å². The molecule has 0 aliphatic carbocycles. The fraction of sp³-hybridized carbons (Fsp3) is 0.136. The topological polar surface area (TPSA) is 46.5 Å². The highest BCUT2D eigenvalue weighted by Crippen LogP contribution is 2.31. The molecule has 0 fully saturated rings. The molecule has 0 saturated heterocycles. The standard InChI is InChI=1S/C22H20O3S/c1-16-11-13-19(14-12-16)26-21(22(23)24)15-17-7-5-6-10-20(17)25-18-8-3-2-4-9-18/h2-14,21H,15H2,1H3,(H,23,24)/t21-/m0/s1. The summed E-state index contributed by atoms with van der Waals surface area (Å²) >= 11 is 1.36. The number of rotatable bonds is 7. The number of ether oxygens (including phenoxy) is 1. The second-order valence-electron chi connectivity index (χ2n) is 5.98. The number of aryl methyl sites for hydroxylation is 1. The molecular weight excluding hydrogens is 344 g/mol. The van der Waals surface area contributed by atoms with E-state index in [1.807, 2.05) is 85.8 Å². The zero-order valence-corrected chi connectivity index (χ0v) is 15.3. The van der Waals surface area contributed by atoms with E-state index in [4.69, 9.17) is 4.74 Å². The van der Waals surface area contributed by atoms with Crippen molar-refractivity contribution in [3.63, 3.8) is 0 Å². The highest BCUT2D eigenvalue weighted by Gasteiger charge is 2.21. The zero-order valence-electron chi connectivity index (χ0n) is 14.5. The smallest absolute Gasteiger partial charge is 0.317 e. The van der Waals surface area contributed by atoms with E-state index in [0.29, 0.717) is 12.2 Å². The lowest BCUT2D eigenvalue weighted by Crippen LogP contribution is -2.19. The molecule has 0 radical (unpaired) electrons. The first kappa shape index (κ1) is 18.1. The molecule has 0 heterocycles. The maximum absolute atomic E-state index is 11.8. The number of hydrogen-bond acceptors (Lipinski definition) is 3. The minimum Gasteiger partial charge on any atom is -0.480 e. The van der Waals surface area contributed by atoms with Crippen LogP contribution >= 0.6 is 11.8 Å². The summed E-state index contributed by atoms with van der Waals surface area (Å²) in [6, 6.07) is 25.0. The molecular formula is C22H20O3S. The number of carbonyl (C=O) groups is 1. The minimum atomic E-state index is -0.829. The third-order valence-corrected chi connectivity index (χ3v) is 5.12. The molecule has 3 aromatic rings. The van der Waals surface area contributed by atoms with Crippen molar-refractivity contribution in [2.45, 2.75) is 23.5 Å². The maximum Gasteiger partial charge on any atom is 0.317 e. The second kappa shape index (κ2) is 8.59. The normalized spacial score (nSPS) is 11.7. The molecule has 3 rings (SSSR count). The van der Waals surface area contributed by atoms with E-state index >= 15 is 0 Å². The van der Waals surface area contributed by atoms with Crippen molar-refractivity contribution in [1.82, 2.24) is 0 Å². The Balaban J connectivity index is 1.79. The minimum absolute atomic E-state index is 0.386. The summed E-state index contributed by atoms with van der Waals surface area (Å²) in [5.74, 6) is 0.595. The Labute approximate surface area is 157 Å². The molecule has 1 atom stereocenters. The van der Waals surface area contributed by atoms with Gasteiger partial charge in [0.1, 0.15) is 16.7 Å². The number of para-hydroxylation sites is 2. The number of thioether (sulfide) groups is 1. The average Bonchev–Trinajstić information content (AvgIpc) is 2.65. The highest BCUT2D eigenvalue weighted by molar-refractivity contribution is 8.00. The lowest BCUT2D eigenvalue weighted by molar-refractivity contribution is -0.136. The fourth-order valence-electron chi connectivity index (χ4n) is 2.55. The number of carboxylic acids is 1. The molecule has 26 heavy (non-hydrogen) atoms. The fourth-order valence-corrected chi connectivity index (χ4v) is 3.53. The van der Waals surface area contributed by atoms with E-state index in [0.717, 1.165) is 21.8 Å². The Morgan fingerprint density at radius 1 is 0.962 bits per heavy atom. The van der Waals surface area contributed by atoms with Gasteiger partial charge in [0.15, 0.2) is 0 Å². The van der Waals surface area contributed by atoms with Crippen LogP contribution in [-0.2, 0) is 11.2 Å². The van der Waals surface area contributed by atoms with E-state index in [1.165, 1.54) is 11.8 Å². The molecule has 1 N–H and O–H groups in total. The first-order valence-electron chi connectivity index (χ1n) is 8.39. The second-order valence-corrected chi connectivity index (χ2v) is 7.26. The van der Waals surface area contributed by atoms with Gasteiger partial charge >= 0.3 is 5.97 Å². The van der Waals surface area contributed by atoms with Crippen molar-refractivity contribution < 1.29 is 14.6 Å². The van der Waals surface area contributed by atoms with Gasteiger partial charge in [0.05, 0.1) is 0 Å². The van der Waals surface area contributed by atoms with Crippen LogP contribution in [0.5, 0.6) is 11.5 Å². The summed E-state index contributed by atoms with van der Waals surface area (Å²) in [5, 5.41) is 9.08. The van der Waals surface area contributed by atoms with Crippen molar-refractivity contribution in [3.8, 4) is 11.5 Å². The highest BCUT2D eigenvalue weighted by atomic mass is 32.2. The van der Waals surface area contributed by atoms with Crippen LogP contribution in [-0.4, -0.2) is 16.3 Å². The molecule has 4 heteroatoms. The van der Waals surface area contributed by atoms with E-state index in [9.17, 15) is 9.90 Å². The number of hydrogen-bond donors (Lipinski definition) is 1. The van der Waals surface area contributed by atoms with Crippen LogP contribution in [0.2, 0.25) is 0 Å². The van der Waals surface area contributed by atoms with E-state index < -0.39 is 11.2 Å². The molecule has 0 aliphatic rings. The van der Waals surface area contributed by atoms with E-state index in [2.05, 4.69) is 0 Å². The quantitative estimate of drug-likeness (QED) is 0.556. The van der Waals surface area contributed by atoms with Gasteiger partial charge in [-0.1, -0.05) is 54.1 Å². The predicted octanol–water partition coefficient (Wildman–Crippen LogP) is 5.58. The number of benzene rings is 3. The van der Waals surface area contributed by atoms with Crippen molar-refractivity contribution in [2.24, 2.45) is 0 Å². The number of aliphatic carboxylic acids is 1.